The third-order valence-electron chi connectivity index (χ3n) is 3.56. The summed E-state index contributed by atoms with van der Waals surface area (Å²) in [5.74, 6) is 0. The van der Waals surface area contributed by atoms with Crippen molar-refractivity contribution < 1.29 is 0 Å². The number of nitrogens with zero attached hydrogens (tertiary/aromatic N) is 2. The van der Waals surface area contributed by atoms with Gasteiger partial charge in [-0.3, -0.25) is 4.90 Å². The van der Waals surface area contributed by atoms with E-state index in [0.717, 1.165) is 38.3 Å². The van der Waals surface area contributed by atoms with Gasteiger partial charge in [-0.15, -0.1) is 22.7 Å². The van der Waals surface area contributed by atoms with E-state index in [0.29, 0.717) is 6.04 Å². The van der Waals surface area contributed by atoms with Gasteiger partial charge in [0.2, 0.25) is 0 Å². The molecule has 1 fully saturated rings. The lowest BCUT2D eigenvalue weighted by atomic mass is 10.2. The molecule has 3 rings (SSSR count). The summed E-state index contributed by atoms with van der Waals surface area (Å²) >= 11 is 3.57. The smallest absolute Gasteiger partial charge is 0.110 e. The van der Waals surface area contributed by atoms with Crippen LogP contribution in [0.1, 0.15) is 24.4 Å². The van der Waals surface area contributed by atoms with Crippen molar-refractivity contribution >= 4 is 22.7 Å². The van der Waals surface area contributed by atoms with E-state index in [2.05, 4.69) is 40.0 Å². The highest BCUT2D eigenvalue weighted by Crippen LogP contribution is 2.32. The highest BCUT2D eigenvalue weighted by Gasteiger charge is 2.23. The first kappa shape index (κ1) is 13.2. The van der Waals surface area contributed by atoms with Gasteiger partial charge in [0, 0.05) is 31.6 Å². The molecule has 0 bridgehead atoms. The summed E-state index contributed by atoms with van der Waals surface area (Å²) in [6, 6.07) is 4.72. The van der Waals surface area contributed by atoms with Gasteiger partial charge in [0.25, 0.3) is 0 Å². The zero-order valence-electron chi connectivity index (χ0n) is 11.1. The number of thiazole rings is 1. The minimum absolute atomic E-state index is 0.487. The Morgan fingerprint density at radius 3 is 2.89 bits per heavy atom. The second kappa shape index (κ2) is 6.13. The van der Waals surface area contributed by atoms with Gasteiger partial charge in [-0.1, -0.05) is 13.0 Å². The van der Waals surface area contributed by atoms with Crippen LogP contribution in [0.15, 0.2) is 22.9 Å². The van der Waals surface area contributed by atoms with Crippen molar-refractivity contribution in [2.75, 3.05) is 26.2 Å². The number of hydrogen-bond acceptors (Lipinski definition) is 5. The molecule has 102 valence electrons. The predicted molar refractivity (Wildman–Crippen MR) is 82.9 cm³/mol. The molecule has 5 heteroatoms. The average Bonchev–Trinajstić information content (AvgIpc) is 3.11. The molecule has 0 aliphatic carbocycles. The van der Waals surface area contributed by atoms with E-state index in [1.165, 1.54) is 9.88 Å². The fourth-order valence-corrected chi connectivity index (χ4v) is 4.36. The van der Waals surface area contributed by atoms with Crippen LogP contribution in [0.5, 0.6) is 0 Å². The second-order valence-electron chi connectivity index (χ2n) is 4.76. The summed E-state index contributed by atoms with van der Waals surface area (Å²) in [5, 5.41) is 9.00. The highest BCUT2D eigenvalue weighted by molar-refractivity contribution is 7.14. The Kier molecular flexibility index (Phi) is 4.28. The lowest BCUT2D eigenvalue weighted by molar-refractivity contribution is 0.169. The Morgan fingerprint density at radius 1 is 1.37 bits per heavy atom. The van der Waals surface area contributed by atoms with Crippen molar-refractivity contribution in [1.82, 2.24) is 15.2 Å². The van der Waals surface area contributed by atoms with E-state index in [9.17, 15) is 0 Å². The van der Waals surface area contributed by atoms with Crippen molar-refractivity contribution in [2.24, 2.45) is 0 Å². The minimum atomic E-state index is 0.487. The Hall–Kier alpha value is -0.750. The molecular formula is C14H19N3S2. The number of aromatic nitrogens is 1. The molecule has 0 spiro atoms. The van der Waals surface area contributed by atoms with E-state index in [1.807, 2.05) is 11.3 Å². The summed E-state index contributed by atoms with van der Waals surface area (Å²) in [6.07, 6.45) is 1.14. The molecule has 2 aromatic rings. The molecule has 0 aromatic carbocycles. The highest BCUT2D eigenvalue weighted by atomic mass is 32.1. The molecule has 3 heterocycles. The maximum atomic E-state index is 4.87. The van der Waals surface area contributed by atoms with Crippen LogP contribution in [0.3, 0.4) is 0 Å². The molecule has 1 saturated heterocycles. The van der Waals surface area contributed by atoms with Gasteiger partial charge in [-0.25, -0.2) is 4.98 Å². The lowest BCUT2D eigenvalue weighted by Gasteiger charge is -2.33. The molecule has 1 atom stereocenters. The molecule has 1 N–H and O–H groups in total. The van der Waals surface area contributed by atoms with Crippen LogP contribution in [0.2, 0.25) is 0 Å². The lowest BCUT2D eigenvalue weighted by Crippen LogP contribution is -2.45. The van der Waals surface area contributed by atoms with Crippen LogP contribution in [-0.2, 0) is 0 Å². The molecular weight excluding hydrogens is 274 g/mol. The number of hydrogen-bond donors (Lipinski definition) is 1. The topological polar surface area (TPSA) is 28.2 Å². The van der Waals surface area contributed by atoms with E-state index in [4.69, 9.17) is 4.98 Å². The number of piperazine rings is 1. The molecule has 0 saturated carbocycles. The van der Waals surface area contributed by atoms with Crippen molar-refractivity contribution in [1.29, 1.82) is 0 Å². The molecule has 2 aromatic heterocycles. The number of nitrogens with one attached hydrogen (secondary N) is 1. The summed E-state index contributed by atoms with van der Waals surface area (Å²) < 4.78 is 0. The molecule has 1 aliphatic heterocycles. The molecule has 1 unspecified atom stereocenters. The summed E-state index contributed by atoms with van der Waals surface area (Å²) in [5.41, 5.74) is 1.14. The summed E-state index contributed by atoms with van der Waals surface area (Å²) in [6.45, 7) is 6.72. The molecule has 0 radical (unpaired) electrons. The van der Waals surface area contributed by atoms with Gasteiger partial charge >= 0.3 is 0 Å². The zero-order chi connectivity index (χ0) is 13.1. The third kappa shape index (κ3) is 2.89. The minimum Gasteiger partial charge on any atom is -0.314 e. The van der Waals surface area contributed by atoms with Crippen LogP contribution in [0, 0.1) is 0 Å². The van der Waals surface area contributed by atoms with Crippen LogP contribution >= 0.6 is 22.7 Å². The molecule has 19 heavy (non-hydrogen) atoms. The third-order valence-corrected chi connectivity index (χ3v) is 5.40. The predicted octanol–water partition coefficient (Wildman–Crippen LogP) is 3.23. The number of rotatable bonds is 4. The normalized spacial score (nSPS) is 18.6. The first-order chi connectivity index (χ1) is 9.38. The van der Waals surface area contributed by atoms with Crippen molar-refractivity contribution in [3.8, 4) is 10.6 Å². The maximum absolute atomic E-state index is 4.87. The fourth-order valence-electron chi connectivity index (χ4n) is 2.56. The Bertz CT molecular complexity index is 501. The zero-order valence-corrected chi connectivity index (χ0v) is 12.8. The van der Waals surface area contributed by atoms with E-state index in [1.54, 1.807) is 11.3 Å². The second-order valence-corrected chi connectivity index (χ2v) is 6.60. The van der Waals surface area contributed by atoms with Crippen LogP contribution < -0.4 is 5.32 Å². The molecule has 1 aliphatic rings. The summed E-state index contributed by atoms with van der Waals surface area (Å²) in [7, 11) is 0. The average molecular weight is 293 g/mol. The van der Waals surface area contributed by atoms with Gasteiger partial charge < -0.3 is 5.32 Å². The van der Waals surface area contributed by atoms with Gasteiger partial charge in [-0.05, 0) is 17.9 Å². The van der Waals surface area contributed by atoms with Crippen molar-refractivity contribution in [3.05, 3.63) is 27.9 Å². The first-order valence-corrected chi connectivity index (χ1v) is 8.58. The van der Waals surface area contributed by atoms with Crippen LogP contribution in [0.25, 0.3) is 10.6 Å². The summed E-state index contributed by atoms with van der Waals surface area (Å²) in [4.78, 5) is 8.70. The monoisotopic (exact) mass is 293 g/mol. The SMILES string of the molecule is CCC(c1nc(-c2cccs2)cs1)N1CCNCC1. The van der Waals surface area contributed by atoms with Gasteiger partial charge in [0.05, 0.1) is 16.6 Å². The van der Waals surface area contributed by atoms with Gasteiger partial charge in [-0.2, -0.15) is 0 Å². The van der Waals surface area contributed by atoms with E-state index >= 15 is 0 Å². The first-order valence-electron chi connectivity index (χ1n) is 6.82. The quantitative estimate of drug-likeness (QED) is 0.938. The standard InChI is InChI=1S/C14H19N3S2/c1-2-12(17-7-5-15-6-8-17)14-16-11(10-19-14)13-4-3-9-18-13/h3-4,9-10,12,15H,2,5-8H2,1H3. The Morgan fingerprint density at radius 2 is 2.21 bits per heavy atom. The molecule has 0 amide bonds. The van der Waals surface area contributed by atoms with E-state index in [-0.39, 0.29) is 0 Å². The van der Waals surface area contributed by atoms with E-state index < -0.39 is 0 Å². The molecule has 3 nitrogen and oxygen atoms in total. The fraction of sp³-hybridized carbons (Fsp3) is 0.500. The van der Waals surface area contributed by atoms with Crippen LogP contribution in [0.4, 0.5) is 0 Å². The number of thiophene rings is 1. The van der Waals surface area contributed by atoms with Crippen LogP contribution in [-0.4, -0.2) is 36.1 Å². The van der Waals surface area contributed by atoms with Crippen molar-refractivity contribution in [2.45, 2.75) is 19.4 Å². The largest absolute Gasteiger partial charge is 0.314 e. The Labute approximate surface area is 122 Å². The Balaban J connectivity index is 1.79. The maximum Gasteiger partial charge on any atom is 0.110 e. The van der Waals surface area contributed by atoms with Gasteiger partial charge in [0.1, 0.15) is 5.01 Å². The van der Waals surface area contributed by atoms with Gasteiger partial charge in [0.15, 0.2) is 0 Å². The van der Waals surface area contributed by atoms with Crippen molar-refractivity contribution in [3.63, 3.8) is 0 Å².